The van der Waals surface area contributed by atoms with E-state index in [-0.39, 0.29) is 12.6 Å². The Bertz CT molecular complexity index is 516. The highest BCUT2D eigenvalue weighted by atomic mass is 32.2. The molecular weight excluding hydrogens is 276 g/mol. The van der Waals surface area contributed by atoms with Gasteiger partial charge in [-0.25, -0.2) is 4.98 Å². The molecule has 1 aliphatic heterocycles. The van der Waals surface area contributed by atoms with Crippen LogP contribution in [0, 0.1) is 0 Å². The summed E-state index contributed by atoms with van der Waals surface area (Å²) in [5.41, 5.74) is 0. The van der Waals surface area contributed by atoms with E-state index in [2.05, 4.69) is 23.6 Å². The van der Waals surface area contributed by atoms with Crippen molar-refractivity contribution in [2.45, 2.75) is 52.1 Å². The topological polar surface area (TPSA) is 67.2 Å². The van der Waals surface area contributed by atoms with Crippen molar-refractivity contribution < 1.29 is 8.42 Å². The van der Waals surface area contributed by atoms with Crippen LogP contribution in [-0.2, 0) is 16.8 Å². The minimum absolute atomic E-state index is 0.240. The maximum absolute atomic E-state index is 12.3. The molecule has 0 saturated carbocycles. The average Bonchev–Trinajstić information content (AvgIpc) is 2.69. The lowest BCUT2D eigenvalue weighted by atomic mass is 10.2. The van der Waals surface area contributed by atoms with Gasteiger partial charge in [-0.3, -0.25) is 0 Å². The fraction of sp³-hybridized carbons (Fsp3) is 0.769. The normalized spacial score (nSPS) is 18.4. The van der Waals surface area contributed by atoms with Gasteiger partial charge >= 0.3 is 0 Å². The summed E-state index contributed by atoms with van der Waals surface area (Å²) >= 11 is 0. The van der Waals surface area contributed by atoms with Crippen LogP contribution in [0.1, 0.15) is 51.4 Å². The standard InChI is InChI=1S/C13H24N4O2S/c1-12(2)17-10-7-14-13(17)11-15-20(18,19)16-8-5-3-4-6-9-16/h7,10,12,15H,3-6,8-9,11H2,1-2H3. The van der Waals surface area contributed by atoms with Crippen molar-refractivity contribution >= 4 is 10.2 Å². The van der Waals surface area contributed by atoms with Gasteiger partial charge in [0.1, 0.15) is 5.82 Å². The Balaban J connectivity index is 1.99. The predicted molar refractivity (Wildman–Crippen MR) is 78.4 cm³/mol. The molecule has 0 unspecified atom stereocenters. The fourth-order valence-electron chi connectivity index (χ4n) is 2.48. The van der Waals surface area contributed by atoms with Gasteiger partial charge in [0.25, 0.3) is 10.2 Å². The van der Waals surface area contributed by atoms with E-state index in [4.69, 9.17) is 0 Å². The molecule has 1 fully saturated rings. The zero-order valence-corrected chi connectivity index (χ0v) is 13.1. The summed E-state index contributed by atoms with van der Waals surface area (Å²) in [6, 6.07) is 0.273. The molecule has 2 rings (SSSR count). The highest BCUT2D eigenvalue weighted by molar-refractivity contribution is 7.87. The van der Waals surface area contributed by atoms with Crippen LogP contribution in [-0.4, -0.2) is 35.4 Å². The van der Waals surface area contributed by atoms with Crippen LogP contribution in [0.15, 0.2) is 12.4 Å². The molecule has 0 radical (unpaired) electrons. The van der Waals surface area contributed by atoms with Crippen molar-refractivity contribution in [2.75, 3.05) is 13.1 Å². The van der Waals surface area contributed by atoms with Crippen LogP contribution < -0.4 is 4.72 Å². The third kappa shape index (κ3) is 3.80. The fourth-order valence-corrected chi connectivity index (χ4v) is 3.71. The Morgan fingerprint density at radius 1 is 1.25 bits per heavy atom. The number of nitrogens with zero attached hydrogens (tertiary/aromatic N) is 3. The van der Waals surface area contributed by atoms with E-state index < -0.39 is 10.2 Å². The van der Waals surface area contributed by atoms with Gasteiger partial charge < -0.3 is 4.57 Å². The summed E-state index contributed by atoms with van der Waals surface area (Å²) < 4.78 is 30.8. The Morgan fingerprint density at radius 3 is 2.50 bits per heavy atom. The largest absolute Gasteiger partial charge is 0.331 e. The molecular formula is C13H24N4O2S. The summed E-state index contributed by atoms with van der Waals surface area (Å²) in [7, 11) is -3.40. The van der Waals surface area contributed by atoms with Gasteiger partial charge in [-0.05, 0) is 26.7 Å². The Morgan fingerprint density at radius 2 is 1.90 bits per heavy atom. The first kappa shape index (κ1) is 15.5. The van der Waals surface area contributed by atoms with Crippen LogP contribution in [0.25, 0.3) is 0 Å². The van der Waals surface area contributed by atoms with E-state index in [1.54, 1.807) is 10.5 Å². The summed E-state index contributed by atoms with van der Waals surface area (Å²) in [5.74, 6) is 0.749. The van der Waals surface area contributed by atoms with Gasteiger partial charge in [-0.1, -0.05) is 12.8 Å². The number of rotatable bonds is 5. The molecule has 1 N–H and O–H groups in total. The highest BCUT2D eigenvalue weighted by Crippen LogP contribution is 2.13. The molecule has 0 aromatic carbocycles. The van der Waals surface area contributed by atoms with Crippen LogP contribution in [0.5, 0.6) is 0 Å². The van der Waals surface area contributed by atoms with Gasteiger partial charge in [0, 0.05) is 31.5 Å². The molecule has 20 heavy (non-hydrogen) atoms. The summed E-state index contributed by atoms with van der Waals surface area (Å²) in [6.07, 6.45) is 7.70. The first-order valence-electron chi connectivity index (χ1n) is 7.27. The first-order valence-corrected chi connectivity index (χ1v) is 8.71. The average molecular weight is 300 g/mol. The van der Waals surface area contributed by atoms with Gasteiger partial charge in [-0.15, -0.1) is 0 Å². The zero-order chi connectivity index (χ0) is 14.6. The smallest absolute Gasteiger partial charge is 0.279 e. The van der Waals surface area contributed by atoms with E-state index in [1.807, 2.05) is 10.8 Å². The van der Waals surface area contributed by atoms with Crippen molar-refractivity contribution in [2.24, 2.45) is 0 Å². The molecule has 0 spiro atoms. The van der Waals surface area contributed by atoms with Crippen LogP contribution in [0.2, 0.25) is 0 Å². The summed E-state index contributed by atoms with van der Waals surface area (Å²) in [6.45, 7) is 5.58. The van der Waals surface area contributed by atoms with Crippen LogP contribution in [0.3, 0.4) is 0 Å². The molecule has 1 aromatic rings. The number of imidazole rings is 1. The molecule has 2 heterocycles. The Labute approximate surface area is 121 Å². The van der Waals surface area contributed by atoms with Crippen molar-refractivity contribution in [1.82, 2.24) is 18.6 Å². The van der Waals surface area contributed by atoms with E-state index in [0.29, 0.717) is 13.1 Å². The number of hydrogen-bond donors (Lipinski definition) is 1. The Hall–Kier alpha value is -0.920. The third-order valence-electron chi connectivity index (χ3n) is 3.62. The molecule has 0 bridgehead atoms. The Kier molecular flexibility index (Phi) is 5.17. The van der Waals surface area contributed by atoms with Crippen molar-refractivity contribution in [3.8, 4) is 0 Å². The molecule has 0 aliphatic carbocycles. The van der Waals surface area contributed by atoms with Crippen molar-refractivity contribution in [3.05, 3.63) is 18.2 Å². The minimum atomic E-state index is -3.40. The molecule has 0 atom stereocenters. The quantitative estimate of drug-likeness (QED) is 0.899. The van der Waals surface area contributed by atoms with Crippen LogP contribution >= 0.6 is 0 Å². The van der Waals surface area contributed by atoms with Gasteiger partial charge in [0.15, 0.2) is 0 Å². The number of aromatic nitrogens is 2. The molecule has 114 valence electrons. The van der Waals surface area contributed by atoms with E-state index in [1.165, 1.54) is 0 Å². The molecule has 6 nitrogen and oxygen atoms in total. The maximum Gasteiger partial charge on any atom is 0.279 e. The molecule has 1 aliphatic rings. The lowest BCUT2D eigenvalue weighted by Gasteiger charge is -2.20. The van der Waals surface area contributed by atoms with Crippen LogP contribution in [0.4, 0.5) is 0 Å². The van der Waals surface area contributed by atoms with E-state index in [0.717, 1.165) is 31.5 Å². The van der Waals surface area contributed by atoms with E-state index >= 15 is 0 Å². The van der Waals surface area contributed by atoms with E-state index in [9.17, 15) is 8.42 Å². The van der Waals surface area contributed by atoms with Gasteiger partial charge in [-0.2, -0.15) is 17.4 Å². The summed E-state index contributed by atoms with van der Waals surface area (Å²) in [5, 5.41) is 0. The highest BCUT2D eigenvalue weighted by Gasteiger charge is 2.23. The molecule has 1 aromatic heterocycles. The molecule has 1 saturated heterocycles. The lowest BCUT2D eigenvalue weighted by Crippen LogP contribution is -2.41. The second-order valence-corrected chi connectivity index (χ2v) is 7.24. The second kappa shape index (κ2) is 6.69. The predicted octanol–water partition coefficient (Wildman–Crippen LogP) is 1.67. The SMILES string of the molecule is CC(C)n1ccnc1CNS(=O)(=O)N1CCCCCC1. The summed E-state index contributed by atoms with van der Waals surface area (Å²) in [4.78, 5) is 4.22. The maximum atomic E-state index is 12.3. The van der Waals surface area contributed by atoms with Crippen molar-refractivity contribution in [3.63, 3.8) is 0 Å². The number of hydrogen-bond acceptors (Lipinski definition) is 3. The second-order valence-electron chi connectivity index (χ2n) is 5.48. The lowest BCUT2D eigenvalue weighted by molar-refractivity contribution is 0.413. The zero-order valence-electron chi connectivity index (χ0n) is 12.2. The number of nitrogens with one attached hydrogen (secondary N) is 1. The molecule has 7 heteroatoms. The van der Waals surface area contributed by atoms with Crippen molar-refractivity contribution in [1.29, 1.82) is 0 Å². The van der Waals surface area contributed by atoms with Gasteiger partial charge in [0.05, 0.1) is 6.54 Å². The first-order chi connectivity index (χ1) is 9.50. The third-order valence-corrected chi connectivity index (χ3v) is 5.18. The van der Waals surface area contributed by atoms with Gasteiger partial charge in [0.2, 0.25) is 0 Å². The molecule has 0 amide bonds. The minimum Gasteiger partial charge on any atom is -0.331 e. The monoisotopic (exact) mass is 300 g/mol.